The first-order chi connectivity index (χ1) is 14.0. The molecule has 0 aromatic heterocycles. The summed E-state index contributed by atoms with van der Waals surface area (Å²) in [5.74, 6) is 0.381. The van der Waals surface area contributed by atoms with Gasteiger partial charge in [-0.1, -0.05) is 25.8 Å². The minimum atomic E-state index is -0.314. The number of carbonyl (C=O) groups is 2. The highest BCUT2D eigenvalue weighted by Crippen LogP contribution is 2.16. The largest absolute Gasteiger partial charge is 0.494 e. The second-order valence-corrected chi connectivity index (χ2v) is 6.86. The monoisotopic (exact) mass is 413 g/mol. The van der Waals surface area contributed by atoms with Crippen molar-refractivity contribution < 1.29 is 14.3 Å². The number of amides is 2. The van der Waals surface area contributed by atoms with E-state index in [9.17, 15) is 9.59 Å². The van der Waals surface area contributed by atoms with Crippen LogP contribution in [-0.4, -0.2) is 23.5 Å². The van der Waals surface area contributed by atoms with Gasteiger partial charge in [0.2, 0.25) is 5.91 Å². The summed E-state index contributed by atoms with van der Waals surface area (Å²) in [4.78, 5) is 24.3. The Morgan fingerprint density at radius 2 is 1.66 bits per heavy atom. The average Bonchev–Trinajstić information content (AvgIpc) is 2.69. The van der Waals surface area contributed by atoms with E-state index in [-0.39, 0.29) is 16.9 Å². The van der Waals surface area contributed by atoms with Gasteiger partial charge in [-0.2, -0.15) is 0 Å². The average molecular weight is 414 g/mol. The van der Waals surface area contributed by atoms with Gasteiger partial charge < -0.3 is 15.4 Å². The first-order valence-electron chi connectivity index (χ1n) is 9.77. The predicted molar refractivity (Wildman–Crippen MR) is 121 cm³/mol. The molecular weight excluding hydrogens is 386 g/mol. The van der Waals surface area contributed by atoms with Crippen LogP contribution < -0.4 is 20.7 Å². The van der Waals surface area contributed by atoms with Gasteiger partial charge in [0.05, 0.1) is 6.61 Å². The van der Waals surface area contributed by atoms with Gasteiger partial charge in [-0.15, -0.1) is 0 Å². The van der Waals surface area contributed by atoms with E-state index < -0.39 is 0 Å². The molecule has 2 amide bonds. The number of rotatable bonds is 9. The van der Waals surface area contributed by atoms with E-state index in [1.807, 2.05) is 19.1 Å². The van der Waals surface area contributed by atoms with Gasteiger partial charge in [-0.3, -0.25) is 14.9 Å². The molecule has 0 unspecified atom stereocenters. The van der Waals surface area contributed by atoms with Gasteiger partial charge in [0.1, 0.15) is 5.75 Å². The Morgan fingerprint density at radius 1 is 0.966 bits per heavy atom. The summed E-state index contributed by atoms with van der Waals surface area (Å²) in [6.45, 7) is 4.57. The number of benzene rings is 2. The fourth-order valence-corrected chi connectivity index (χ4v) is 2.85. The number of unbranched alkanes of at least 4 members (excludes halogenated alkanes) is 2. The lowest BCUT2D eigenvalue weighted by Crippen LogP contribution is -2.34. The number of hydrogen-bond donors (Lipinski definition) is 3. The molecule has 0 fully saturated rings. The topological polar surface area (TPSA) is 79.5 Å². The van der Waals surface area contributed by atoms with Crippen LogP contribution in [0.25, 0.3) is 0 Å². The van der Waals surface area contributed by atoms with Crippen molar-refractivity contribution in [1.29, 1.82) is 0 Å². The number of nitrogens with one attached hydrogen (secondary N) is 3. The third-order valence-corrected chi connectivity index (χ3v) is 4.27. The molecule has 29 heavy (non-hydrogen) atoms. The van der Waals surface area contributed by atoms with Crippen LogP contribution in [-0.2, 0) is 4.79 Å². The lowest BCUT2D eigenvalue weighted by molar-refractivity contribution is -0.116. The van der Waals surface area contributed by atoms with Crippen LogP contribution in [0.3, 0.4) is 0 Å². The second kappa shape index (κ2) is 11.8. The van der Waals surface area contributed by atoms with Gasteiger partial charge in [0, 0.05) is 23.4 Å². The molecule has 3 N–H and O–H groups in total. The third kappa shape index (κ3) is 7.91. The quantitative estimate of drug-likeness (QED) is 0.409. The van der Waals surface area contributed by atoms with E-state index in [2.05, 4.69) is 22.9 Å². The van der Waals surface area contributed by atoms with Gasteiger partial charge >= 0.3 is 0 Å². The Balaban J connectivity index is 1.88. The lowest BCUT2D eigenvalue weighted by atomic mass is 10.2. The van der Waals surface area contributed by atoms with Gasteiger partial charge in [-0.05, 0) is 68.0 Å². The Hall–Kier alpha value is -2.93. The van der Waals surface area contributed by atoms with Crippen molar-refractivity contribution >= 4 is 40.5 Å². The van der Waals surface area contributed by atoms with E-state index in [0.717, 1.165) is 19.3 Å². The standard InChI is InChI=1S/C22H27N3O3S/c1-3-5-6-10-20(26)23-17-8-7-9-18(15-17)24-22(29)25-21(27)16-11-13-19(14-12-16)28-4-2/h7-9,11-15H,3-6,10H2,1-2H3,(H,23,26)(H2,24,25,27,29). The van der Waals surface area contributed by atoms with E-state index in [4.69, 9.17) is 17.0 Å². The number of thiocarbonyl (C=S) groups is 1. The molecule has 0 atom stereocenters. The van der Waals surface area contributed by atoms with Crippen LogP contribution in [0, 0.1) is 0 Å². The molecule has 0 aliphatic carbocycles. The summed E-state index contributed by atoms with van der Waals surface area (Å²) in [7, 11) is 0. The second-order valence-electron chi connectivity index (χ2n) is 6.45. The van der Waals surface area contributed by atoms with Crippen molar-refractivity contribution in [3.63, 3.8) is 0 Å². The number of hydrogen-bond acceptors (Lipinski definition) is 4. The lowest BCUT2D eigenvalue weighted by Gasteiger charge is -2.12. The molecule has 0 saturated heterocycles. The zero-order valence-electron chi connectivity index (χ0n) is 16.8. The fourth-order valence-electron chi connectivity index (χ4n) is 2.64. The first-order valence-corrected chi connectivity index (χ1v) is 10.2. The molecule has 0 saturated carbocycles. The molecule has 2 aromatic rings. The molecule has 2 aromatic carbocycles. The van der Waals surface area contributed by atoms with Crippen molar-refractivity contribution in [3.05, 3.63) is 54.1 Å². The summed E-state index contributed by atoms with van der Waals surface area (Å²) in [5, 5.41) is 8.66. The van der Waals surface area contributed by atoms with E-state index in [1.54, 1.807) is 36.4 Å². The van der Waals surface area contributed by atoms with Crippen molar-refractivity contribution in [2.45, 2.75) is 39.5 Å². The number of carbonyl (C=O) groups excluding carboxylic acids is 2. The maximum Gasteiger partial charge on any atom is 0.257 e. The molecular formula is C22H27N3O3S. The highest BCUT2D eigenvalue weighted by atomic mass is 32.1. The van der Waals surface area contributed by atoms with E-state index in [1.165, 1.54) is 0 Å². The van der Waals surface area contributed by atoms with Crippen LogP contribution in [0.5, 0.6) is 5.75 Å². The number of anilines is 2. The molecule has 7 heteroatoms. The Kier molecular flexibility index (Phi) is 9.11. The SMILES string of the molecule is CCCCCC(=O)Nc1cccc(NC(=S)NC(=O)c2ccc(OCC)cc2)c1. The normalized spacial score (nSPS) is 10.1. The van der Waals surface area contributed by atoms with Crippen LogP contribution >= 0.6 is 12.2 Å². The van der Waals surface area contributed by atoms with Crippen molar-refractivity contribution in [3.8, 4) is 5.75 Å². The summed E-state index contributed by atoms with van der Waals surface area (Å²) in [6, 6.07) is 14.0. The maximum atomic E-state index is 12.3. The Labute approximate surface area is 177 Å². The zero-order chi connectivity index (χ0) is 21.1. The molecule has 0 aliphatic heterocycles. The Bertz CT molecular complexity index is 837. The third-order valence-electron chi connectivity index (χ3n) is 4.07. The van der Waals surface area contributed by atoms with Gasteiger partial charge in [0.15, 0.2) is 5.11 Å². The van der Waals surface area contributed by atoms with Crippen molar-refractivity contribution in [2.24, 2.45) is 0 Å². The molecule has 2 rings (SSSR count). The van der Waals surface area contributed by atoms with Gasteiger partial charge in [0.25, 0.3) is 5.91 Å². The summed E-state index contributed by atoms with van der Waals surface area (Å²) < 4.78 is 5.37. The summed E-state index contributed by atoms with van der Waals surface area (Å²) >= 11 is 5.23. The first kappa shape index (κ1) is 22.4. The molecule has 6 nitrogen and oxygen atoms in total. The molecule has 0 aliphatic rings. The Morgan fingerprint density at radius 3 is 2.31 bits per heavy atom. The molecule has 0 radical (unpaired) electrons. The minimum Gasteiger partial charge on any atom is -0.494 e. The summed E-state index contributed by atoms with van der Waals surface area (Å²) in [5.41, 5.74) is 1.83. The predicted octanol–water partition coefficient (Wildman–Crippen LogP) is 4.73. The van der Waals surface area contributed by atoms with Crippen LogP contribution in [0.4, 0.5) is 11.4 Å². The van der Waals surface area contributed by atoms with Crippen molar-refractivity contribution in [1.82, 2.24) is 5.32 Å². The van der Waals surface area contributed by atoms with E-state index in [0.29, 0.717) is 35.7 Å². The van der Waals surface area contributed by atoms with Crippen molar-refractivity contribution in [2.75, 3.05) is 17.2 Å². The fraction of sp³-hybridized carbons (Fsp3) is 0.318. The molecule has 0 heterocycles. The summed E-state index contributed by atoms with van der Waals surface area (Å²) in [6.07, 6.45) is 3.49. The smallest absolute Gasteiger partial charge is 0.257 e. The maximum absolute atomic E-state index is 12.3. The molecule has 154 valence electrons. The molecule has 0 spiro atoms. The highest BCUT2D eigenvalue weighted by Gasteiger charge is 2.09. The molecule has 0 bridgehead atoms. The number of ether oxygens (including phenoxy) is 1. The zero-order valence-corrected chi connectivity index (χ0v) is 17.6. The highest BCUT2D eigenvalue weighted by molar-refractivity contribution is 7.80. The van der Waals surface area contributed by atoms with Crippen LogP contribution in [0.15, 0.2) is 48.5 Å². The van der Waals surface area contributed by atoms with Crippen LogP contribution in [0.2, 0.25) is 0 Å². The van der Waals surface area contributed by atoms with E-state index >= 15 is 0 Å². The minimum absolute atomic E-state index is 0.0121. The van der Waals surface area contributed by atoms with Gasteiger partial charge in [-0.25, -0.2) is 0 Å². The van der Waals surface area contributed by atoms with Crippen LogP contribution in [0.1, 0.15) is 49.9 Å².